The molecule has 0 bridgehead atoms. The van der Waals surface area contributed by atoms with Crippen LogP contribution in [0.2, 0.25) is 0 Å². The molecule has 0 aliphatic heterocycles. The largest absolute Gasteiger partial charge is 0.489 e. The van der Waals surface area contributed by atoms with Crippen LogP contribution in [0, 0.1) is 6.92 Å². The zero-order valence-electron chi connectivity index (χ0n) is 9.61. The van der Waals surface area contributed by atoms with Gasteiger partial charge in [0.25, 0.3) is 5.56 Å². The van der Waals surface area contributed by atoms with E-state index in [-0.39, 0.29) is 11.3 Å². The van der Waals surface area contributed by atoms with Gasteiger partial charge in [-0.05, 0) is 28.8 Å². The lowest BCUT2D eigenvalue weighted by atomic mass is 10.2. The molecule has 0 saturated carbocycles. The van der Waals surface area contributed by atoms with Gasteiger partial charge < -0.3 is 15.0 Å². The van der Waals surface area contributed by atoms with Crippen LogP contribution in [0.5, 0.6) is 5.75 Å². The monoisotopic (exact) mass is 251 g/mol. The number of ether oxygens (including phenoxy) is 1. The maximum atomic E-state index is 11.4. The number of hydrogen-bond acceptors (Lipinski definition) is 5. The van der Waals surface area contributed by atoms with E-state index in [0.717, 1.165) is 0 Å². The summed E-state index contributed by atoms with van der Waals surface area (Å²) in [6.07, 6.45) is 1.35. The molecule has 0 aliphatic carbocycles. The van der Waals surface area contributed by atoms with Crippen LogP contribution in [-0.4, -0.2) is 17.1 Å². The summed E-state index contributed by atoms with van der Waals surface area (Å²) in [6, 6.07) is 0. The summed E-state index contributed by atoms with van der Waals surface area (Å²) in [6.45, 7) is 2.68. The summed E-state index contributed by atoms with van der Waals surface area (Å²) in [4.78, 5) is 18.0. The lowest BCUT2D eigenvalue weighted by molar-refractivity contribution is 0.408. The molecule has 2 rings (SSSR count). The molecular weight excluding hydrogens is 238 g/mol. The van der Waals surface area contributed by atoms with Crippen LogP contribution >= 0.6 is 11.3 Å². The lowest BCUT2D eigenvalue weighted by Gasteiger charge is -2.08. The van der Waals surface area contributed by atoms with Crippen LogP contribution in [0.15, 0.2) is 21.9 Å². The van der Waals surface area contributed by atoms with E-state index in [4.69, 9.17) is 4.74 Å². The highest BCUT2D eigenvalue weighted by Gasteiger charge is 2.08. The second-order valence-corrected chi connectivity index (χ2v) is 4.29. The number of aromatic amines is 1. The minimum absolute atomic E-state index is 0.209. The average Bonchev–Trinajstić information content (AvgIpc) is 2.72. The van der Waals surface area contributed by atoms with Crippen molar-refractivity contribution in [3.63, 3.8) is 0 Å². The molecule has 2 heterocycles. The van der Waals surface area contributed by atoms with Gasteiger partial charge >= 0.3 is 0 Å². The van der Waals surface area contributed by atoms with Crippen molar-refractivity contribution < 1.29 is 4.74 Å². The molecule has 5 nitrogen and oxygen atoms in total. The fourth-order valence-corrected chi connectivity index (χ4v) is 2.31. The highest BCUT2D eigenvalue weighted by atomic mass is 32.1. The van der Waals surface area contributed by atoms with Crippen LogP contribution in [0.4, 0.5) is 5.82 Å². The number of H-pyrrole nitrogens is 1. The number of thiophene rings is 1. The first-order valence-electron chi connectivity index (χ1n) is 5.09. The van der Waals surface area contributed by atoms with E-state index in [1.165, 1.54) is 24.6 Å². The number of methoxy groups -OCH3 is 1. The average molecular weight is 251 g/mol. The van der Waals surface area contributed by atoms with Crippen molar-refractivity contribution in [2.75, 3.05) is 12.4 Å². The predicted molar refractivity (Wildman–Crippen MR) is 67.8 cm³/mol. The normalized spacial score (nSPS) is 10.2. The molecule has 0 fully saturated rings. The van der Waals surface area contributed by atoms with Gasteiger partial charge in [-0.2, -0.15) is 11.3 Å². The number of anilines is 1. The van der Waals surface area contributed by atoms with E-state index in [9.17, 15) is 4.79 Å². The Kier molecular flexibility index (Phi) is 3.43. The Hall–Kier alpha value is -1.82. The Morgan fingerprint density at radius 1 is 1.53 bits per heavy atom. The van der Waals surface area contributed by atoms with Crippen molar-refractivity contribution in [1.29, 1.82) is 0 Å². The minimum atomic E-state index is -0.285. The maximum Gasteiger partial charge on any atom is 0.295 e. The molecule has 90 valence electrons. The Bertz CT molecular complexity index is 562. The third kappa shape index (κ3) is 2.47. The molecule has 0 atom stereocenters. The Morgan fingerprint density at radius 3 is 3.00 bits per heavy atom. The standard InChI is InChI=1S/C11H13N3O2S/c1-7-4-17-5-8(7)3-12-10-9(16-2)11(15)14-6-13-10/h4-6H,3H2,1-2H3,(H2,12,13,14,15). The molecule has 0 amide bonds. The van der Waals surface area contributed by atoms with E-state index in [1.54, 1.807) is 11.3 Å². The summed E-state index contributed by atoms with van der Waals surface area (Å²) >= 11 is 1.65. The molecule has 17 heavy (non-hydrogen) atoms. The van der Waals surface area contributed by atoms with E-state index < -0.39 is 0 Å². The molecule has 2 aromatic rings. The van der Waals surface area contributed by atoms with Crippen molar-refractivity contribution in [3.8, 4) is 5.75 Å². The molecule has 0 saturated heterocycles. The lowest BCUT2D eigenvalue weighted by Crippen LogP contribution is -2.14. The van der Waals surface area contributed by atoms with Crippen LogP contribution in [0.3, 0.4) is 0 Å². The molecule has 0 aliphatic rings. The van der Waals surface area contributed by atoms with Gasteiger partial charge in [-0.1, -0.05) is 0 Å². The first-order chi connectivity index (χ1) is 8.22. The Labute approximate surface area is 102 Å². The minimum Gasteiger partial charge on any atom is -0.489 e. The van der Waals surface area contributed by atoms with Gasteiger partial charge in [0.2, 0.25) is 5.75 Å². The van der Waals surface area contributed by atoms with Crippen molar-refractivity contribution in [1.82, 2.24) is 9.97 Å². The van der Waals surface area contributed by atoms with Crippen molar-refractivity contribution in [2.24, 2.45) is 0 Å². The number of rotatable bonds is 4. The number of nitrogens with one attached hydrogen (secondary N) is 2. The van der Waals surface area contributed by atoms with E-state index in [1.807, 2.05) is 0 Å². The van der Waals surface area contributed by atoms with E-state index in [2.05, 4.69) is 33.0 Å². The first-order valence-corrected chi connectivity index (χ1v) is 6.04. The first kappa shape index (κ1) is 11.7. The number of aryl methyl sites for hydroxylation is 1. The van der Waals surface area contributed by atoms with Crippen LogP contribution < -0.4 is 15.6 Å². The van der Waals surface area contributed by atoms with Crippen LogP contribution in [0.1, 0.15) is 11.1 Å². The summed E-state index contributed by atoms with van der Waals surface area (Å²) in [7, 11) is 1.45. The van der Waals surface area contributed by atoms with E-state index >= 15 is 0 Å². The second kappa shape index (κ2) is 5.01. The molecule has 0 radical (unpaired) electrons. The third-order valence-corrected chi connectivity index (χ3v) is 3.33. The molecule has 2 N–H and O–H groups in total. The van der Waals surface area contributed by atoms with Crippen molar-refractivity contribution in [3.05, 3.63) is 38.6 Å². The highest BCUT2D eigenvalue weighted by molar-refractivity contribution is 7.08. The molecule has 0 spiro atoms. The maximum absolute atomic E-state index is 11.4. The zero-order chi connectivity index (χ0) is 12.3. The molecule has 0 unspecified atom stereocenters. The Morgan fingerprint density at radius 2 is 2.35 bits per heavy atom. The van der Waals surface area contributed by atoms with Gasteiger partial charge in [0.15, 0.2) is 5.82 Å². The number of hydrogen-bond donors (Lipinski definition) is 2. The summed E-state index contributed by atoms with van der Waals surface area (Å²) < 4.78 is 5.01. The quantitative estimate of drug-likeness (QED) is 0.869. The van der Waals surface area contributed by atoms with Gasteiger partial charge in [-0.15, -0.1) is 0 Å². The number of nitrogens with zero attached hydrogens (tertiary/aromatic N) is 1. The number of aromatic nitrogens is 2. The third-order valence-electron chi connectivity index (χ3n) is 2.42. The smallest absolute Gasteiger partial charge is 0.295 e. The van der Waals surface area contributed by atoms with E-state index in [0.29, 0.717) is 12.4 Å². The Balaban J connectivity index is 2.17. The molecular formula is C11H13N3O2S. The zero-order valence-corrected chi connectivity index (χ0v) is 10.4. The summed E-state index contributed by atoms with van der Waals surface area (Å²) in [5, 5.41) is 7.25. The molecule has 0 aromatic carbocycles. The fraction of sp³-hybridized carbons (Fsp3) is 0.273. The van der Waals surface area contributed by atoms with Crippen LogP contribution in [-0.2, 0) is 6.54 Å². The van der Waals surface area contributed by atoms with Crippen molar-refractivity contribution in [2.45, 2.75) is 13.5 Å². The van der Waals surface area contributed by atoms with Crippen molar-refractivity contribution >= 4 is 17.2 Å². The van der Waals surface area contributed by atoms with Crippen LogP contribution in [0.25, 0.3) is 0 Å². The van der Waals surface area contributed by atoms with Gasteiger partial charge in [-0.3, -0.25) is 4.79 Å². The summed E-state index contributed by atoms with van der Waals surface area (Å²) in [5.74, 6) is 0.669. The predicted octanol–water partition coefficient (Wildman–Crippen LogP) is 1.76. The topological polar surface area (TPSA) is 67.0 Å². The SMILES string of the molecule is COc1c(NCc2cscc2C)nc[nH]c1=O. The fourth-order valence-electron chi connectivity index (χ4n) is 1.45. The van der Waals surface area contributed by atoms with Gasteiger partial charge in [0.1, 0.15) is 0 Å². The van der Waals surface area contributed by atoms with Gasteiger partial charge in [0.05, 0.1) is 13.4 Å². The molecule has 6 heteroatoms. The molecule has 2 aromatic heterocycles. The van der Waals surface area contributed by atoms with Gasteiger partial charge in [0, 0.05) is 6.54 Å². The second-order valence-electron chi connectivity index (χ2n) is 3.55. The van der Waals surface area contributed by atoms with Gasteiger partial charge in [-0.25, -0.2) is 4.98 Å². The highest BCUT2D eigenvalue weighted by Crippen LogP contribution is 2.18. The summed E-state index contributed by atoms with van der Waals surface area (Å²) in [5.41, 5.74) is 2.14.